The minimum atomic E-state index is 0.715. The van der Waals surface area contributed by atoms with Crippen LogP contribution in [0.1, 0.15) is 34.6 Å². The number of allylic oxidation sites excluding steroid dienone is 6. The zero-order chi connectivity index (χ0) is 11.2. The zero-order valence-corrected chi connectivity index (χ0v) is 10.5. The molecule has 4 atom stereocenters. The molecule has 0 heterocycles. The van der Waals surface area contributed by atoms with E-state index in [0.29, 0.717) is 5.92 Å². The quantitative estimate of drug-likeness (QED) is 0.547. The fourth-order valence-corrected chi connectivity index (χ4v) is 3.09. The number of hydrogen-bond acceptors (Lipinski definition) is 0. The molecule has 4 unspecified atom stereocenters. The van der Waals surface area contributed by atoms with Gasteiger partial charge in [0.1, 0.15) is 0 Å². The van der Waals surface area contributed by atoms with Crippen molar-refractivity contribution in [2.45, 2.75) is 34.6 Å². The van der Waals surface area contributed by atoms with Crippen LogP contribution in [0.25, 0.3) is 0 Å². The van der Waals surface area contributed by atoms with Gasteiger partial charge in [0, 0.05) is 0 Å². The first kappa shape index (κ1) is 10.7. The Bertz CT molecular complexity index is 354. The topological polar surface area (TPSA) is 0 Å². The van der Waals surface area contributed by atoms with Crippen molar-refractivity contribution in [2.75, 3.05) is 0 Å². The van der Waals surface area contributed by atoms with E-state index in [4.69, 9.17) is 0 Å². The minimum absolute atomic E-state index is 0.715. The number of fused-ring (bicyclic) bond motifs is 1. The molecule has 82 valence electrons. The second-order valence-electron chi connectivity index (χ2n) is 5.43. The third kappa shape index (κ3) is 1.60. The highest BCUT2D eigenvalue weighted by molar-refractivity contribution is 5.39. The van der Waals surface area contributed by atoms with Gasteiger partial charge in [0.15, 0.2) is 0 Å². The molecular weight excluding hydrogens is 180 g/mol. The van der Waals surface area contributed by atoms with Crippen LogP contribution >= 0.6 is 0 Å². The summed E-state index contributed by atoms with van der Waals surface area (Å²) in [4.78, 5) is 0. The Morgan fingerprint density at radius 1 is 0.867 bits per heavy atom. The lowest BCUT2D eigenvalue weighted by atomic mass is 9.64. The Hall–Kier alpha value is -0.780. The first-order chi connectivity index (χ1) is 7.02. The van der Waals surface area contributed by atoms with E-state index >= 15 is 0 Å². The molecular formula is C15H22. The summed E-state index contributed by atoms with van der Waals surface area (Å²) in [6.07, 6.45) is 7.03. The molecule has 0 fully saturated rings. The molecule has 2 aliphatic carbocycles. The van der Waals surface area contributed by atoms with Crippen LogP contribution in [0.5, 0.6) is 0 Å². The van der Waals surface area contributed by atoms with E-state index in [2.05, 4.69) is 52.8 Å². The van der Waals surface area contributed by atoms with Crippen molar-refractivity contribution in [1.29, 1.82) is 0 Å². The first-order valence-electron chi connectivity index (χ1n) is 6.09. The van der Waals surface area contributed by atoms with Crippen LogP contribution in [0.4, 0.5) is 0 Å². The molecule has 0 heteroatoms. The van der Waals surface area contributed by atoms with E-state index in [1.807, 2.05) is 0 Å². The van der Waals surface area contributed by atoms with E-state index in [1.54, 1.807) is 11.1 Å². The lowest BCUT2D eigenvalue weighted by Gasteiger charge is -2.41. The maximum absolute atomic E-state index is 2.41. The summed E-state index contributed by atoms with van der Waals surface area (Å²) >= 11 is 0. The van der Waals surface area contributed by atoms with E-state index in [-0.39, 0.29) is 0 Å². The van der Waals surface area contributed by atoms with Crippen LogP contribution in [0.2, 0.25) is 0 Å². The molecule has 2 aliphatic rings. The van der Waals surface area contributed by atoms with Gasteiger partial charge in [0.05, 0.1) is 0 Å². The maximum atomic E-state index is 2.41. The minimum Gasteiger partial charge on any atom is -0.0699 e. The Morgan fingerprint density at radius 2 is 1.53 bits per heavy atom. The molecule has 0 N–H and O–H groups in total. The van der Waals surface area contributed by atoms with Crippen molar-refractivity contribution in [1.82, 2.24) is 0 Å². The highest BCUT2D eigenvalue weighted by Crippen LogP contribution is 2.45. The average molecular weight is 202 g/mol. The average Bonchev–Trinajstić information content (AvgIpc) is 2.20. The summed E-state index contributed by atoms with van der Waals surface area (Å²) in [5, 5.41) is 0. The Morgan fingerprint density at radius 3 is 2.20 bits per heavy atom. The van der Waals surface area contributed by atoms with Gasteiger partial charge >= 0.3 is 0 Å². The zero-order valence-electron chi connectivity index (χ0n) is 10.5. The highest BCUT2D eigenvalue weighted by Gasteiger charge is 2.35. The van der Waals surface area contributed by atoms with E-state index < -0.39 is 0 Å². The molecule has 0 saturated heterocycles. The van der Waals surface area contributed by atoms with Crippen molar-refractivity contribution in [3.05, 3.63) is 34.9 Å². The van der Waals surface area contributed by atoms with Crippen molar-refractivity contribution in [3.63, 3.8) is 0 Å². The number of rotatable bonds is 0. The summed E-state index contributed by atoms with van der Waals surface area (Å²) in [6, 6.07) is 0. The van der Waals surface area contributed by atoms with Crippen LogP contribution in [0, 0.1) is 23.7 Å². The van der Waals surface area contributed by atoms with Crippen molar-refractivity contribution in [3.8, 4) is 0 Å². The van der Waals surface area contributed by atoms with Crippen molar-refractivity contribution < 1.29 is 0 Å². The lowest BCUT2D eigenvalue weighted by molar-refractivity contribution is 0.260. The van der Waals surface area contributed by atoms with Crippen LogP contribution in [0.15, 0.2) is 34.9 Å². The third-order valence-corrected chi connectivity index (χ3v) is 4.65. The molecule has 0 bridgehead atoms. The first-order valence-corrected chi connectivity index (χ1v) is 6.09. The molecule has 0 aliphatic heterocycles. The summed E-state index contributed by atoms with van der Waals surface area (Å²) < 4.78 is 0. The van der Waals surface area contributed by atoms with Gasteiger partial charge in [-0.2, -0.15) is 0 Å². The molecule has 0 aromatic heterocycles. The van der Waals surface area contributed by atoms with Crippen molar-refractivity contribution in [2.24, 2.45) is 23.7 Å². The maximum Gasteiger partial charge on any atom is -0.00677 e. The SMILES string of the molecule is CC1=CC2=CC=C(C)C(C)C2C(C)C1C. The molecule has 2 rings (SSSR count). The van der Waals surface area contributed by atoms with Gasteiger partial charge in [-0.1, -0.05) is 50.1 Å². The van der Waals surface area contributed by atoms with E-state index in [9.17, 15) is 0 Å². The van der Waals surface area contributed by atoms with Crippen LogP contribution in [-0.2, 0) is 0 Å². The molecule has 0 nitrogen and oxygen atoms in total. The largest absolute Gasteiger partial charge is 0.0699 e. The van der Waals surface area contributed by atoms with Crippen LogP contribution in [0.3, 0.4) is 0 Å². The second-order valence-corrected chi connectivity index (χ2v) is 5.43. The van der Waals surface area contributed by atoms with Gasteiger partial charge in [-0.3, -0.25) is 0 Å². The Kier molecular flexibility index (Phi) is 2.62. The monoisotopic (exact) mass is 202 g/mol. The van der Waals surface area contributed by atoms with Gasteiger partial charge in [0.25, 0.3) is 0 Å². The molecule has 15 heavy (non-hydrogen) atoms. The smallest absolute Gasteiger partial charge is 0.00677 e. The summed E-state index contributed by atoms with van der Waals surface area (Å²) in [5.41, 5.74) is 4.64. The second kappa shape index (κ2) is 3.66. The summed E-state index contributed by atoms with van der Waals surface area (Å²) in [6.45, 7) is 11.7. The number of hydrogen-bond donors (Lipinski definition) is 0. The van der Waals surface area contributed by atoms with Gasteiger partial charge in [-0.15, -0.1) is 0 Å². The fourth-order valence-electron chi connectivity index (χ4n) is 3.09. The normalized spacial score (nSPS) is 40.2. The van der Waals surface area contributed by atoms with Crippen LogP contribution in [-0.4, -0.2) is 0 Å². The highest BCUT2D eigenvalue weighted by atomic mass is 14.4. The molecule has 0 spiro atoms. The summed E-state index contributed by atoms with van der Waals surface area (Å²) in [5.74, 6) is 2.97. The Labute approximate surface area is 93.8 Å². The molecule has 0 saturated carbocycles. The standard InChI is InChI=1S/C15H22/c1-9-6-7-14-8-10(2)11(3)13(5)15(14)12(9)4/h6-8,11-13,15H,1-5H3. The third-order valence-electron chi connectivity index (χ3n) is 4.65. The van der Waals surface area contributed by atoms with Crippen molar-refractivity contribution >= 4 is 0 Å². The van der Waals surface area contributed by atoms with E-state index in [0.717, 1.165) is 17.8 Å². The predicted molar refractivity (Wildman–Crippen MR) is 66.6 cm³/mol. The van der Waals surface area contributed by atoms with Gasteiger partial charge in [0.2, 0.25) is 0 Å². The lowest BCUT2D eigenvalue weighted by Crippen LogP contribution is -2.32. The predicted octanol–water partition coefficient (Wildman–Crippen LogP) is 4.36. The Balaban J connectivity index is 2.44. The van der Waals surface area contributed by atoms with Crippen LogP contribution < -0.4 is 0 Å². The van der Waals surface area contributed by atoms with Gasteiger partial charge in [-0.25, -0.2) is 0 Å². The molecule has 0 radical (unpaired) electrons. The fraction of sp³-hybridized carbons (Fsp3) is 0.600. The van der Waals surface area contributed by atoms with Gasteiger partial charge in [-0.05, 0) is 43.1 Å². The molecule has 0 amide bonds. The molecule has 0 aromatic rings. The molecule has 0 aromatic carbocycles. The van der Waals surface area contributed by atoms with E-state index in [1.165, 1.54) is 5.57 Å². The van der Waals surface area contributed by atoms with Gasteiger partial charge < -0.3 is 0 Å². The summed E-state index contributed by atoms with van der Waals surface area (Å²) in [7, 11) is 0.